The molecule has 1 rings (SSSR count). The van der Waals surface area contributed by atoms with Gasteiger partial charge >= 0.3 is 0 Å². The summed E-state index contributed by atoms with van der Waals surface area (Å²) in [5.41, 5.74) is 0. The van der Waals surface area contributed by atoms with E-state index in [0.29, 0.717) is 10.9 Å². The van der Waals surface area contributed by atoms with Gasteiger partial charge in [-0.05, 0) is 61.7 Å². The number of alkyl halides is 1. The molecule has 0 aromatic heterocycles. The van der Waals surface area contributed by atoms with Crippen LogP contribution in [0.3, 0.4) is 0 Å². The second-order valence-electron chi connectivity index (χ2n) is 6.35. The van der Waals surface area contributed by atoms with Gasteiger partial charge in [0.25, 0.3) is 0 Å². The molecule has 0 radical (unpaired) electrons. The first-order valence-corrected chi connectivity index (χ1v) is 10.9. The zero-order valence-corrected chi connectivity index (χ0v) is 20.6. The van der Waals surface area contributed by atoms with Crippen molar-refractivity contribution in [1.82, 2.24) is 5.32 Å². The first kappa shape index (κ1) is 30.5. The van der Waals surface area contributed by atoms with E-state index < -0.39 is 0 Å². The van der Waals surface area contributed by atoms with Crippen LogP contribution in [0.2, 0.25) is 5.02 Å². The van der Waals surface area contributed by atoms with E-state index in [4.69, 9.17) is 30.6 Å². The number of hydrogen-bond donors (Lipinski definition) is 1. The Balaban J connectivity index is 0. The molecule has 0 amide bonds. The molecule has 7 heteroatoms. The normalized spacial score (nSPS) is 12.2. The highest BCUT2D eigenvalue weighted by Crippen LogP contribution is 2.18. The lowest BCUT2D eigenvalue weighted by Gasteiger charge is -2.18. The van der Waals surface area contributed by atoms with Crippen LogP contribution in [0.4, 0.5) is 0 Å². The van der Waals surface area contributed by atoms with Gasteiger partial charge < -0.3 is 24.3 Å². The topological polar surface area (TPSA) is 56.8 Å². The highest BCUT2D eigenvalue weighted by atomic mass is 35.5. The molecule has 0 saturated carbocycles. The molecule has 0 saturated heterocycles. The van der Waals surface area contributed by atoms with E-state index in [1.165, 1.54) is 6.38 Å². The van der Waals surface area contributed by atoms with Crippen LogP contribution in [0.1, 0.15) is 33.6 Å². The molecule has 0 aliphatic heterocycles. The van der Waals surface area contributed by atoms with E-state index in [1.54, 1.807) is 14.2 Å². The van der Waals surface area contributed by atoms with E-state index in [2.05, 4.69) is 43.8 Å². The van der Waals surface area contributed by atoms with Gasteiger partial charge in [-0.15, -0.1) is 11.6 Å². The van der Waals surface area contributed by atoms with Crippen molar-refractivity contribution in [3.8, 4) is 5.75 Å². The Morgan fingerprint density at radius 3 is 2.13 bits per heavy atom. The minimum Gasteiger partial charge on any atom is -0.493 e. The van der Waals surface area contributed by atoms with Crippen LogP contribution >= 0.6 is 23.2 Å². The minimum absolute atomic E-state index is 0.123. The zero-order valence-electron chi connectivity index (χ0n) is 19.0. The van der Waals surface area contributed by atoms with Crippen LogP contribution < -0.4 is 10.1 Å². The molecule has 0 aliphatic rings. The highest BCUT2D eigenvalue weighted by Gasteiger charge is 2.09. The molecule has 5 nitrogen and oxygen atoms in total. The number of hydrogen-bond acceptors (Lipinski definition) is 5. The summed E-state index contributed by atoms with van der Waals surface area (Å²) >= 11 is 10.5. The SMILES string of the molecule is C=O.CCC(CNCC/C=C(OC)\C(=C/C(C)C)OC)Oc1ccc(Cl)cc1.CCl. The Bertz CT molecular complexity index is 589. The van der Waals surface area contributed by atoms with Gasteiger partial charge in [0.1, 0.15) is 18.6 Å². The molecule has 1 aromatic rings. The van der Waals surface area contributed by atoms with Crippen molar-refractivity contribution < 1.29 is 19.0 Å². The van der Waals surface area contributed by atoms with Crippen LogP contribution in [0, 0.1) is 5.92 Å². The molecule has 1 unspecified atom stereocenters. The van der Waals surface area contributed by atoms with Crippen molar-refractivity contribution >= 4 is 30.0 Å². The molecule has 1 aromatic carbocycles. The molecule has 0 heterocycles. The quantitative estimate of drug-likeness (QED) is 0.182. The summed E-state index contributed by atoms with van der Waals surface area (Å²) in [4.78, 5) is 8.00. The predicted octanol–water partition coefficient (Wildman–Crippen LogP) is 5.86. The van der Waals surface area contributed by atoms with Gasteiger partial charge in [0.15, 0.2) is 11.5 Å². The average molecular weight is 462 g/mol. The van der Waals surface area contributed by atoms with Gasteiger partial charge in [-0.3, -0.25) is 0 Å². The summed E-state index contributed by atoms with van der Waals surface area (Å²) in [5, 5.41) is 4.15. The van der Waals surface area contributed by atoms with Crippen molar-refractivity contribution in [1.29, 1.82) is 0 Å². The van der Waals surface area contributed by atoms with Gasteiger partial charge in [0, 0.05) is 18.0 Å². The van der Waals surface area contributed by atoms with Crippen molar-refractivity contribution in [2.75, 3.05) is 33.7 Å². The van der Waals surface area contributed by atoms with Crippen molar-refractivity contribution in [3.63, 3.8) is 0 Å². The number of methoxy groups -OCH3 is 2. The van der Waals surface area contributed by atoms with E-state index in [9.17, 15) is 0 Å². The number of nitrogens with one attached hydrogen (secondary N) is 1. The fraction of sp³-hybridized carbons (Fsp3) is 0.522. The minimum atomic E-state index is 0.123. The number of halogens is 2. The van der Waals surface area contributed by atoms with E-state index >= 15 is 0 Å². The molecule has 1 atom stereocenters. The molecule has 30 heavy (non-hydrogen) atoms. The lowest BCUT2D eigenvalue weighted by atomic mass is 10.1. The van der Waals surface area contributed by atoms with Crippen LogP contribution in [-0.4, -0.2) is 46.6 Å². The Labute approximate surface area is 192 Å². The average Bonchev–Trinajstić information content (AvgIpc) is 2.78. The molecule has 0 spiro atoms. The number of benzene rings is 1. The molecule has 172 valence electrons. The molecular weight excluding hydrogens is 425 g/mol. The lowest BCUT2D eigenvalue weighted by molar-refractivity contribution is -0.0979. The Morgan fingerprint density at radius 1 is 1.10 bits per heavy atom. The number of carbonyl (C=O) groups is 1. The largest absolute Gasteiger partial charge is 0.493 e. The van der Waals surface area contributed by atoms with Gasteiger partial charge in [0.05, 0.1) is 14.2 Å². The number of allylic oxidation sites excluding steroid dienone is 1. The highest BCUT2D eigenvalue weighted by molar-refractivity contribution is 6.30. The van der Waals surface area contributed by atoms with Gasteiger partial charge in [-0.2, -0.15) is 0 Å². The predicted molar refractivity (Wildman–Crippen MR) is 128 cm³/mol. The van der Waals surface area contributed by atoms with Gasteiger partial charge in [0.2, 0.25) is 0 Å². The summed E-state index contributed by atoms with van der Waals surface area (Å²) in [6.45, 7) is 9.96. The summed E-state index contributed by atoms with van der Waals surface area (Å²) in [7, 11) is 3.33. The first-order chi connectivity index (χ1) is 14.5. The monoisotopic (exact) mass is 461 g/mol. The van der Waals surface area contributed by atoms with E-state index in [1.807, 2.05) is 37.1 Å². The second-order valence-corrected chi connectivity index (χ2v) is 6.78. The number of carbonyl (C=O) groups excluding carboxylic acids is 1. The van der Waals surface area contributed by atoms with E-state index in [-0.39, 0.29) is 6.10 Å². The summed E-state index contributed by atoms with van der Waals surface area (Å²) in [5.74, 6) is 2.79. The van der Waals surface area contributed by atoms with Crippen molar-refractivity contribution in [2.24, 2.45) is 5.92 Å². The lowest BCUT2D eigenvalue weighted by Crippen LogP contribution is -2.31. The Morgan fingerprint density at radius 2 is 1.67 bits per heavy atom. The summed E-state index contributed by atoms with van der Waals surface area (Å²) < 4.78 is 16.8. The van der Waals surface area contributed by atoms with Crippen LogP contribution in [0.15, 0.2) is 47.9 Å². The second kappa shape index (κ2) is 20.6. The molecular formula is C23H37Cl2NO4. The maximum atomic E-state index is 8.00. The Hall–Kier alpha value is -1.69. The fourth-order valence-corrected chi connectivity index (χ4v) is 2.51. The maximum Gasteiger partial charge on any atom is 0.156 e. The van der Waals surface area contributed by atoms with Crippen LogP contribution in [0.25, 0.3) is 0 Å². The van der Waals surface area contributed by atoms with Crippen LogP contribution in [-0.2, 0) is 14.3 Å². The van der Waals surface area contributed by atoms with Gasteiger partial charge in [-0.1, -0.05) is 32.4 Å². The van der Waals surface area contributed by atoms with Gasteiger partial charge in [-0.25, -0.2) is 0 Å². The summed E-state index contributed by atoms with van der Waals surface area (Å²) in [6.07, 6.45) is 7.47. The molecule has 0 aliphatic carbocycles. The maximum absolute atomic E-state index is 8.00. The standard InChI is InChI=1S/C21H32ClNO3.CH3Cl.CH2O/c1-6-18(26-19-11-9-17(22)10-12-19)15-23-13-7-8-20(24-4)21(25-5)14-16(2)3;2*1-2/h8-12,14,16,18,23H,6-7,13,15H2,1-5H3;1H3;1H2/b20-8+,21-14+;;. The Kier molecular flexibility index (Phi) is 20.9. The van der Waals surface area contributed by atoms with Crippen molar-refractivity contribution in [3.05, 3.63) is 53.0 Å². The third-order valence-corrected chi connectivity index (χ3v) is 4.01. The third-order valence-electron chi connectivity index (χ3n) is 3.76. The summed E-state index contributed by atoms with van der Waals surface area (Å²) in [6, 6.07) is 7.47. The smallest absolute Gasteiger partial charge is 0.156 e. The third kappa shape index (κ3) is 14.3. The first-order valence-electron chi connectivity index (χ1n) is 9.80. The van der Waals surface area contributed by atoms with Crippen LogP contribution in [0.5, 0.6) is 5.75 Å². The zero-order chi connectivity index (χ0) is 23.4. The molecule has 0 fully saturated rings. The number of ether oxygens (including phenoxy) is 3. The number of rotatable bonds is 12. The fourth-order valence-electron chi connectivity index (χ4n) is 2.38. The van der Waals surface area contributed by atoms with Crippen molar-refractivity contribution in [2.45, 2.75) is 39.7 Å². The molecule has 1 N–H and O–H groups in total. The van der Waals surface area contributed by atoms with E-state index in [0.717, 1.165) is 43.2 Å². The molecule has 0 bridgehead atoms.